The molecule has 0 saturated carbocycles. The third-order valence-corrected chi connectivity index (χ3v) is 6.92. The molecule has 1 amide bonds. The van der Waals surface area contributed by atoms with Crippen molar-refractivity contribution in [1.82, 2.24) is 9.88 Å². The smallest absolute Gasteiger partial charge is 0.295 e. The molecule has 3 aromatic rings. The van der Waals surface area contributed by atoms with Gasteiger partial charge in [0.2, 0.25) is 0 Å². The molecular weight excluding hydrogens is 480 g/mol. The minimum Gasteiger partial charge on any atom is -0.507 e. The molecule has 0 spiro atoms. The molecule has 196 valence electrons. The maximum Gasteiger partial charge on any atom is 0.295 e. The lowest BCUT2D eigenvalue weighted by atomic mass is 9.94. The number of fused-ring (bicyclic) bond motifs is 1. The van der Waals surface area contributed by atoms with Crippen LogP contribution in [0, 0.1) is 5.92 Å². The molecule has 1 aromatic heterocycles. The van der Waals surface area contributed by atoms with Crippen LogP contribution in [0.15, 0.2) is 72.6 Å². The van der Waals surface area contributed by atoms with Crippen LogP contribution in [-0.4, -0.2) is 39.4 Å². The number of hydrogen-bond acceptors (Lipinski definition) is 6. The van der Waals surface area contributed by atoms with Crippen molar-refractivity contribution in [3.8, 4) is 11.5 Å². The third-order valence-electron chi connectivity index (χ3n) is 6.92. The number of carbonyl (C=O) groups is 2. The first-order valence-corrected chi connectivity index (χ1v) is 13.0. The molecule has 1 N–H and O–H groups in total. The lowest BCUT2D eigenvalue weighted by Crippen LogP contribution is -2.29. The Morgan fingerprint density at radius 3 is 2.76 bits per heavy atom. The number of Topliss-reactive ketones (excluding diaryl/α,β-unsaturated/α-hetero) is 1. The number of aromatic nitrogens is 1. The van der Waals surface area contributed by atoms with Crippen LogP contribution >= 0.6 is 0 Å². The summed E-state index contributed by atoms with van der Waals surface area (Å²) in [5.74, 6) is 0.353. The fourth-order valence-electron chi connectivity index (χ4n) is 4.99. The van der Waals surface area contributed by atoms with Gasteiger partial charge in [0, 0.05) is 30.9 Å². The van der Waals surface area contributed by atoms with Crippen molar-refractivity contribution in [3.63, 3.8) is 0 Å². The highest BCUT2D eigenvalue weighted by atomic mass is 16.5. The number of carbonyl (C=O) groups excluding carboxylic acids is 2. The van der Waals surface area contributed by atoms with Gasteiger partial charge in [-0.25, -0.2) is 0 Å². The van der Waals surface area contributed by atoms with Crippen molar-refractivity contribution in [2.24, 2.45) is 5.92 Å². The predicted octanol–water partition coefficient (Wildman–Crippen LogP) is 5.45. The zero-order chi connectivity index (χ0) is 26.8. The molecule has 1 fully saturated rings. The fraction of sp³-hybridized carbons (Fsp3) is 0.323. The van der Waals surface area contributed by atoms with Crippen LogP contribution in [-0.2, 0) is 22.6 Å². The molecule has 38 heavy (non-hydrogen) atoms. The van der Waals surface area contributed by atoms with Crippen LogP contribution in [0.5, 0.6) is 11.5 Å². The lowest BCUT2D eigenvalue weighted by Gasteiger charge is -2.25. The molecular formula is C31H32N2O5. The highest BCUT2D eigenvalue weighted by molar-refractivity contribution is 6.46. The normalized spacial score (nSPS) is 20.1. The molecule has 7 heteroatoms. The minimum atomic E-state index is -0.785. The van der Waals surface area contributed by atoms with Gasteiger partial charge >= 0.3 is 0 Å². The Kier molecular flexibility index (Phi) is 7.18. The van der Waals surface area contributed by atoms with Crippen LogP contribution in [0.3, 0.4) is 0 Å². The number of likely N-dealkylation sites (tertiary alicyclic amines) is 1. The number of ketones is 1. The number of pyridine rings is 1. The van der Waals surface area contributed by atoms with E-state index in [0.29, 0.717) is 35.8 Å². The van der Waals surface area contributed by atoms with Gasteiger partial charge in [0.05, 0.1) is 18.2 Å². The molecule has 0 radical (unpaired) electrons. The van der Waals surface area contributed by atoms with E-state index in [0.717, 1.165) is 23.3 Å². The van der Waals surface area contributed by atoms with E-state index in [2.05, 4.69) is 18.8 Å². The summed E-state index contributed by atoms with van der Waals surface area (Å²) in [5, 5.41) is 11.5. The third kappa shape index (κ3) is 5.14. The number of aliphatic hydroxyl groups is 1. The Labute approximate surface area is 222 Å². The van der Waals surface area contributed by atoms with E-state index in [1.54, 1.807) is 30.6 Å². The van der Waals surface area contributed by atoms with Gasteiger partial charge < -0.3 is 19.5 Å². The van der Waals surface area contributed by atoms with E-state index in [9.17, 15) is 14.7 Å². The van der Waals surface area contributed by atoms with Crippen molar-refractivity contribution < 1.29 is 24.2 Å². The number of benzene rings is 2. The van der Waals surface area contributed by atoms with Gasteiger partial charge in [-0.3, -0.25) is 14.6 Å². The summed E-state index contributed by atoms with van der Waals surface area (Å²) in [6, 6.07) is 15.6. The van der Waals surface area contributed by atoms with Crippen molar-refractivity contribution in [3.05, 3.63) is 94.8 Å². The van der Waals surface area contributed by atoms with Crippen LogP contribution in [0.25, 0.3) is 5.76 Å². The molecule has 3 heterocycles. The van der Waals surface area contributed by atoms with Crippen molar-refractivity contribution in [2.45, 2.75) is 52.3 Å². The first-order chi connectivity index (χ1) is 18.3. The molecule has 2 aliphatic heterocycles. The molecule has 2 atom stereocenters. The first kappa shape index (κ1) is 25.5. The molecule has 5 rings (SSSR count). The minimum absolute atomic E-state index is 0.0471. The zero-order valence-electron chi connectivity index (χ0n) is 21.9. The Morgan fingerprint density at radius 2 is 2.00 bits per heavy atom. The van der Waals surface area contributed by atoms with E-state index >= 15 is 0 Å². The van der Waals surface area contributed by atoms with Gasteiger partial charge in [-0.2, -0.15) is 0 Å². The molecule has 2 aliphatic rings. The quantitative estimate of drug-likeness (QED) is 0.245. The van der Waals surface area contributed by atoms with E-state index in [-0.39, 0.29) is 24.0 Å². The second-order valence-electron chi connectivity index (χ2n) is 10.3. The number of rotatable bonds is 8. The SMILES string of the molecule is CC(C)CCOc1cccc([C@@H]2/C(=C(\O)c3ccc4c(c3)C[C@@H](C)O4)C(=O)C(=O)N2Cc2cccnc2)c1. The summed E-state index contributed by atoms with van der Waals surface area (Å²) in [7, 11) is 0. The average molecular weight is 513 g/mol. The van der Waals surface area contributed by atoms with Crippen LogP contribution in [0.4, 0.5) is 0 Å². The number of nitrogens with zero attached hydrogens (tertiary/aromatic N) is 2. The predicted molar refractivity (Wildman–Crippen MR) is 144 cm³/mol. The van der Waals surface area contributed by atoms with Crippen LogP contribution in [0.1, 0.15) is 55.5 Å². The standard InChI is InChI=1S/C31H32N2O5/c1-19(2)11-13-37-25-8-4-7-22(16-25)28-27(29(34)23-9-10-26-24(15-23)14-20(3)38-26)30(35)31(36)33(28)18-21-6-5-12-32-17-21/h4-10,12,15-17,19-20,28,34H,11,13-14,18H2,1-3H3/b29-27+/t20-,28-/m1/s1. The van der Waals surface area contributed by atoms with Crippen molar-refractivity contribution in [2.75, 3.05) is 6.61 Å². The van der Waals surface area contributed by atoms with Crippen molar-refractivity contribution >= 4 is 17.4 Å². The molecule has 1 saturated heterocycles. The molecule has 0 bridgehead atoms. The highest BCUT2D eigenvalue weighted by Gasteiger charge is 2.46. The van der Waals surface area contributed by atoms with Gasteiger partial charge in [0.15, 0.2) is 0 Å². The molecule has 7 nitrogen and oxygen atoms in total. The second kappa shape index (κ2) is 10.7. The Morgan fingerprint density at radius 1 is 1.16 bits per heavy atom. The van der Waals surface area contributed by atoms with Crippen LogP contribution < -0.4 is 9.47 Å². The Hall–Kier alpha value is -4.13. The summed E-state index contributed by atoms with van der Waals surface area (Å²) in [5.41, 5.74) is 2.98. The highest BCUT2D eigenvalue weighted by Crippen LogP contribution is 2.42. The zero-order valence-corrected chi connectivity index (χ0v) is 21.9. The summed E-state index contributed by atoms with van der Waals surface area (Å²) in [6.45, 7) is 7.00. The van der Waals surface area contributed by atoms with E-state index in [1.165, 1.54) is 4.90 Å². The fourth-order valence-corrected chi connectivity index (χ4v) is 4.99. The largest absolute Gasteiger partial charge is 0.507 e. The molecule has 2 aromatic carbocycles. The number of aliphatic hydroxyl groups excluding tert-OH is 1. The maximum atomic E-state index is 13.4. The number of hydrogen-bond donors (Lipinski definition) is 1. The van der Waals surface area contributed by atoms with Crippen molar-refractivity contribution in [1.29, 1.82) is 0 Å². The summed E-state index contributed by atoms with van der Waals surface area (Å²) in [6.07, 6.45) is 5.00. The Balaban J connectivity index is 1.57. The van der Waals surface area contributed by atoms with Gasteiger partial charge in [0.25, 0.3) is 11.7 Å². The monoisotopic (exact) mass is 512 g/mol. The van der Waals surface area contributed by atoms with E-state index < -0.39 is 17.7 Å². The van der Waals surface area contributed by atoms with Gasteiger partial charge in [-0.05, 0) is 72.4 Å². The molecule has 0 aliphatic carbocycles. The van der Waals surface area contributed by atoms with E-state index in [1.807, 2.05) is 43.3 Å². The average Bonchev–Trinajstić information content (AvgIpc) is 3.40. The lowest BCUT2D eigenvalue weighted by molar-refractivity contribution is -0.140. The van der Waals surface area contributed by atoms with Gasteiger partial charge in [0.1, 0.15) is 23.4 Å². The van der Waals surface area contributed by atoms with Gasteiger partial charge in [-0.1, -0.05) is 32.0 Å². The van der Waals surface area contributed by atoms with Gasteiger partial charge in [-0.15, -0.1) is 0 Å². The summed E-state index contributed by atoms with van der Waals surface area (Å²) < 4.78 is 11.8. The summed E-state index contributed by atoms with van der Waals surface area (Å²) >= 11 is 0. The summed E-state index contributed by atoms with van der Waals surface area (Å²) in [4.78, 5) is 32.5. The first-order valence-electron chi connectivity index (χ1n) is 13.0. The number of ether oxygens (including phenoxy) is 2. The topological polar surface area (TPSA) is 89.0 Å². The molecule has 0 unspecified atom stereocenters. The van der Waals surface area contributed by atoms with E-state index in [4.69, 9.17) is 9.47 Å². The Bertz CT molecular complexity index is 1380. The number of amides is 1. The maximum absolute atomic E-state index is 13.4. The van der Waals surface area contributed by atoms with Crippen LogP contribution in [0.2, 0.25) is 0 Å². The second-order valence-corrected chi connectivity index (χ2v) is 10.3.